The van der Waals surface area contributed by atoms with Gasteiger partial charge in [0, 0.05) is 19.1 Å². The molecule has 2 atom stereocenters. The zero-order chi connectivity index (χ0) is 17.2. The molecule has 0 aromatic heterocycles. The Bertz CT molecular complexity index is 691. The van der Waals surface area contributed by atoms with Gasteiger partial charge in [-0.05, 0) is 44.7 Å². The molecule has 1 saturated heterocycles. The Hall–Kier alpha value is -1.15. The molecule has 0 amide bonds. The van der Waals surface area contributed by atoms with Crippen LogP contribution in [-0.4, -0.2) is 44.9 Å². The van der Waals surface area contributed by atoms with E-state index in [4.69, 9.17) is 10.5 Å². The number of hydrogen-bond acceptors (Lipinski definition) is 5. The largest absolute Gasteiger partial charge is 0.465 e. The van der Waals surface area contributed by atoms with Crippen LogP contribution < -0.4 is 5.73 Å². The SMILES string of the molecule is COC(=O)c1cc(C)ccc1S(=O)(=O)N1CCCC(C(C)N)C1.Cl. The summed E-state index contributed by atoms with van der Waals surface area (Å²) in [7, 11) is -2.51. The highest BCUT2D eigenvalue weighted by atomic mass is 35.5. The molecular weight excluding hydrogens is 352 g/mol. The second kappa shape index (κ2) is 8.29. The van der Waals surface area contributed by atoms with E-state index < -0.39 is 16.0 Å². The van der Waals surface area contributed by atoms with Gasteiger partial charge in [-0.1, -0.05) is 11.6 Å². The topological polar surface area (TPSA) is 89.7 Å². The summed E-state index contributed by atoms with van der Waals surface area (Å²) in [6.45, 7) is 4.52. The van der Waals surface area contributed by atoms with Crippen LogP contribution in [-0.2, 0) is 14.8 Å². The van der Waals surface area contributed by atoms with Crippen molar-refractivity contribution in [2.45, 2.75) is 37.6 Å². The minimum atomic E-state index is -3.75. The molecule has 1 fully saturated rings. The van der Waals surface area contributed by atoms with Crippen LogP contribution in [0.2, 0.25) is 0 Å². The van der Waals surface area contributed by atoms with Gasteiger partial charge in [0.25, 0.3) is 0 Å². The molecule has 2 unspecified atom stereocenters. The first kappa shape index (κ1) is 20.9. The van der Waals surface area contributed by atoms with Gasteiger partial charge in [0.1, 0.15) is 0 Å². The van der Waals surface area contributed by atoms with Crippen LogP contribution in [0.25, 0.3) is 0 Å². The van der Waals surface area contributed by atoms with Crippen molar-refractivity contribution in [2.24, 2.45) is 11.7 Å². The lowest BCUT2D eigenvalue weighted by atomic mass is 9.93. The third-order valence-electron chi connectivity index (χ3n) is 4.32. The van der Waals surface area contributed by atoms with Crippen molar-refractivity contribution < 1.29 is 17.9 Å². The van der Waals surface area contributed by atoms with Gasteiger partial charge in [-0.25, -0.2) is 13.2 Å². The zero-order valence-corrected chi connectivity index (χ0v) is 15.8. The summed E-state index contributed by atoms with van der Waals surface area (Å²) in [5.41, 5.74) is 6.82. The maximum Gasteiger partial charge on any atom is 0.339 e. The van der Waals surface area contributed by atoms with Gasteiger partial charge in [0.05, 0.1) is 17.6 Å². The number of ether oxygens (including phenoxy) is 1. The highest BCUT2D eigenvalue weighted by Crippen LogP contribution is 2.27. The summed E-state index contributed by atoms with van der Waals surface area (Å²) >= 11 is 0. The normalized spacial score (nSPS) is 20.1. The second-order valence-electron chi connectivity index (χ2n) is 6.12. The summed E-state index contributed by atoms with van der Waals surface area (Å²) in [6.07, 6.45) is 1.69. The minimum absolute atomic E-state index is 0. The van der Waals surface area contributed by atoms with Crippen LogP contribution in [0.5, 0.6) is 0 Å². The fourth-order valence-electron chi connectivity index (χ4n) is 2.90. The maximum atomic E-state index is 13.0. The molecule has 1 aliphatic rings. The number of carbonyl (C=O) groups is 1. The monoisotopic (exact) mass is 376 g/mol. The first-order valence-electron chi connectivity index (χ1n) is 7.72. The summed E-state index contributed by atoms with van der Waals surface area (Å²) in [4.78, 5) is 12.0. The second-order valence-corrected chi connectivity index (χ2v) is 8.02. The fraction of sp³-hybridized carbons (Fsp3) is 0.562. The lowest BCUT2D eigenvalue weighted by molar-refractivity contribution is 0.0596. The number of methoxy groups -OCH3 is 1. The molecule has 1 aromatic rings. The quantitative estimate of drug-likeness (QED) is 0.811. The Kier molecular flexibility index (Phi) is 7.22. The summed E-state index contributed by atoms with van der Waals surface area (Å²) in [5.74, 6) is -0.515. The van der Waals surface area contributed by atoms with Crippen LogP contribution in [0.3, 0.4) is 0 Å². The minimum Gasteiger partial charge on any atom is -0.465 e. The number of nitrogens with two attached hydrogens (primary N) is 1. The number of aryl methyl sites for hydroxylation is 1. The average Bonchev–Trinajstić information content (AvgIpc) is 2.53. The molecule has 6 nitrogen and oxygen atoms in total. The van der Waals surface area contributed by atoms with Gasteiger partial charge >= 0.3 is 5.97 Å². The molecule has 1 heterocycles. The van der Waals surface area contributed by atoms with E-state index in [0.29, 0.717) is 13.1 Å². The third kappa shape index (κ3) is 4.27. The average molecular weight is 377 g/mol. The molecule has 2 N–H and O–H groups in total. The molecule has 8 heteroatoms. The molecule has 136 valence electrons. The van der Waals surface area contributed by atoms with Crippen molar-refractivity contribution in [1.29, 1.82) is 0 Å². The molecular formula is C16H25ClN2O4S. The van der Waals surface area contributed by atoms with Crippen molar-refractivity contribution in [3.8, 4) is 0 Å². The predicted octanol–water partition coefficient (Wildman–Crippen LogP) is 1.95. The first-order chi connectivity index (χ1) is 10.8. The van der Waals surface area contributed by atoms with E-state index in [1.165, 1.54) is 17.5 Å². The van der Waals surface area contributed by atoms with E-state index >= 15 is 0 Å². The van der Waals surface area contributed by atoms with Crippen molar-refractivity contribution in [2.75, 3.05) is 20.2 Å². The van der Waals surface area contributed by atoms with Crippen LogP contribution in [0.15, 0.2) is 23.1 Å². The third-order valence-corrected chi connectivity index (χ3v) is 6.25. The molecule has 2 rings (SSSR count). The number of rotatable bonds is 4. The maximum absolute atomic E-state index is 13.0. The Labute approximate surface area is 149 Å². The highest BCUT2D eigenvalue weighted by Gasteiger charge is 2.34. The Morgan fingerprint density at radius 3 is 2.67 bits per heavy atom. The summed E-state index contributed by atoms with van der Waals surface area (Å²) < 4.78 is 32.1. The number of piperidine rings is 1. The molecule has 0 spiro atoms. The van der Waals surface area contributed by atoms with Gasteiger partial charge in [-0.3, -0.25) is 0 Å². The van der Waals surface area contributed by atoms with Gasteiger partial charge in [0.2, 0.25) is 10.0 Å². The summed E-state index contributed by atoms with van der Waals surface area (Å²) in [6, 6.07) is 4.65. The Morgan fingerprint density at radius 2 is 2.08 bits per heavy atom. The van der Waals surface area contributed by atoms with Gasteiger partial charge in [-0.2, -0.15) is 4.31 Å². The van der Waals surface area contributed by atoms with Crippen molar-refractivity contribution in [3.05, 3.63) is 29.3 Å². The van der Waals surface area contributed by atoms with E-state index in [2.05, 4.69) is 0 Å². The van der Waals surface area contributed by atoms with E-state index in [1.807, 2.05) is 6.92 Å². The number of carbonyl (C=O) groups excluding carboxylic acids is 1. The molecule has 1 aromatic carbocycles. The number of sulfonamides is 1. The number of nitrogens with zero attached hydrogens (tertiary/aromatic N) is 1. The van der Waals surface area contributed by atoms with E-state index in [9.17, 15) is 13.2 Å². The fourth-order valence-corrected chi connectivity index (χ4v) is 4.59. The van der Waals surface area contributed by atoms with Crippen molar-refractivity contribution in [1.82, 2.24) is 4.31 Å². The molecule has 0 bridgehead atoms. The number of hydrogen-bond donors (Lipinski definition) is 1. The van der Waals surface area contributed by atoms with Crippen molar-refractivity contribution >= 4 is 28.4 Å². The molecule has 1 aliphatic heterocycles. The molecule has 0 aliphatic carbocycles. The standard InChI is InChI=1S/C16H24N2O4S.ClH/c1-11-6-7-15(14(9-11)16(19)22-3)23(20,21)18-8-4-5-13(10-18)12(2)17;/h6-7,9,12-13H,4-5,8,10,17H2,1-3H3;1H. The smallest absolute Gasteiger partial charge is 0.339 e. The lowest BCUT2D eigenvalue weighted by Gasteiger charge is -2.34. The van der Waals surface area contributed by atoms with Crippen LogP contribution in [0, 0.1) is 12.8 Å². The van der Waals surface area contributed by atoms with Crippen LogP contribution in [0.4, 0.5) is 0 Å². The van der Waals surface area contributed by atoms with Gasteiger partial charge in [-0.15, -0.1) is 12.4 Å². The van der Waals surface area contributed by atoms with Crippen LogP contribution in [0.1, 0.15) is 35.7 Å². The predicted molar refractivity (Wildman–Crippen MR) is 94.9 cm³/mol. The number of esters is 1. The van der Waals surface area contributed by atoms with Crippen LogP contribution >= 0.6 is 12.4 Å². The zero-order valence-electron chi connectivity index (χ0n) is 14.2. The molecule has 0 radical (unpaired) electrons. The summed E-state index contributed by atoms with van der Waals surface area (Å²) in [5, 5.41) is 0. The molecule has 24 heavy (non-hydrogen) atoms. The first-order valence-corrected chi connectivity index (χ1v) is 9.16. The van der Waals surface area contributed by atoms with E-state index in [0.717, 1.165) is 18.4 Å². The van der Waals surface area contributed by atoms with E-state index in [-0.39, 0.29) is 34.8 Å². The number of halogens is 1. The van der Waals surface area contributed by atoms with Gasteiger partial charge in [0.15, 0.2) is 0 Å². The highest BCUT2D eigenvalue weighted by molar-refractivity contribution is 7.89. The van der Waals surface area contributed by atoms with Crippen molar-refractivity contribution in [3.63, 3.8) is 0 Å². The Balaban J connectivity index is 0.00000288. The van der Waals surface area contributed by atoms with E-state index in [1.54, 1.807) is 19.1 Å². The number of benzene rings is 1. The lowest BCUT2D eigenvalue weighted by Crippen LogP contribution is -2.45. The van der Waals surface area contributed by atoms with Gasteiger partial charge < -0.3 is 10.5 Å². The Morgan fingerprint density at radius 1 is 1.42 bits per heavy atom. The molecule has 0 saturated carbocycles.